The van der Waals surface area contributed by atoms with E-state index < -0.39 is 0 Å². The lowest BCUT2D eigenvalue weighted by atomic mass is 10.1. The normalized spacial score (nSPS) is 12.7. The Balaban J connectivity index is 2.89. The van der Waals surface area contributed by atoms with E-state index in [1.54, 1.807) is 18.2 Å². The van der Waals surface area contributed by atoms with Gasteiger partial charge in [-0.3, -0.25) is 0 Å². The number of nitrogens with one attached hydrogen (secondary N) is 1. The second-order valence-electron chi connectivity index (χ2n) is 4.75. The first-order valence-electron chi connectivity index (χ1n) is 6.77. The zero-order valence-corrected chi connectivity index (χ0v) is 12.2. The highest BCUT2D eigenvalue weighted by Gasteiger charge is 2.18. The molecule has 4 heteroatoms. The van der Waals surface area contributed by atoms with Crippen molar-refractivity contribution in [3.05, 3.63) is 29.6 Å². The van der Waals surface area contributed by atoms with Gasteiger partial charge in [-0.25, -0.2) is 4.39 Å². The molecule has 0 amide bonds. The van der Waals surface area contributed by atoms with Gasteiger partial charge in [-0.05, 0) is 32.9 Å². The van der Waals surface area contributed by atoms with Gasteiger partial charge in [-0.2, -0.15) is 0 Å². The molecule has 3 nitrogen and oxygen atoms in total. The van der Waals surface area contributed by atoms with Gasteiger partial charge in [0, 0.05) is 5.56 Å². The molecule has 0 spiro atoms. The molecule has 1 atom stereocenters. The molecule has 0 heterocycles. The fourth-order valence-corrected chi connectivity index (χ4v) is 1.82. The smallest absolute Gasteiger partial charge is 0.169 e. The highest BCUT2D eigenvalue weighted by Crippen LogP contribution is 2.25. The van der Waals surface area contributed by atoms with Gasteiger partial charge in [0.25, 0.3) is 0 Å². The number of rotatable bonds is 8. The van der Waals surface area contributed by atoms with Crippen molar-refractivity contribution >= 4 is 0 Å². The molecule has 0 saturated heterocycles. The highest BCUT2D eigenvalue weighted by molar-refractivity contribution is 5.33. The monoisotopic (exact) mass is 269 g/mol. The summed E-state index contributed by atoms with van der Waals surface area (Å²) >= 11 is 0. The maximum absolute atomic E-state index is 14.3. The number of benzene rings is 1. The number of ether oxygens (including phenoxy) is 2. The van der Waals surface area contributed by atoms with Crippen molar-refractivity contribution in [1.82, 2.24) is 5.32 Å². The molecule has 0 aliphatic heterocycles. The van der Waals surface area contributed by atoms with Crippen LogP contribution in [0.4, 0.5) is 4.39 Å². The molecule has 0 aliphatic carbocycles. The molecule has 0 fully saturated rings. The Morgan fingerprint density at radius 1 is 1.32 bits per heavy atom. The zero-order chi connectivity index (χ0) is 14.3. The molecule has 0 saturated carbocycles. The summed E-state index contributed by atoms with van der Waals surface area (Å²) in [5.74, 6) is -0.0451. The van der Waals surface area contributed by atoms with Gasteiger partial charge >= 0.3 is 0 Å². The zero-order valence-electron chi connectivity index (χ0n) is 12.2. The van der Waals surface area contributed by atoms with Gasteiger partial charge in [-0.15, -0.1) is 0 Å². The SMILES string of the molecule is CCCNC(COC(C)C)c1cccc(OC)c1F. The van der Waals surface area contributed by atoms with Gasteiger partial charge in [-0.1, -0.05) is 19.1 Å². The molecule has 0 radical (unpaired) electrons. The fraction of sp³-hybridized carbons (Fsp3) is 0.600. The van der Waals surface area contributed by atoms with Gasteiger partial charge in [0.2, 0.25) is 0 Å². The van der Waals surface area contributed by atoms with Crippen LogP contribution in [0.2, 0.25) is 0 Å². The highest BCUT2D eigenvalue weighted by atomic mass is 19.1. The van der Waals surface area contributed by atoms with E-state index in [2.05, 4.69) is 12.2 Å². The van der Waals surface area contributed by atoms with Gasteiger partial charge in [0.05, 0.1) is 25.9 Å². The lowest BCUT2D eigenvalue weighted by Crippen LogP contribution is -2.28. The Labute approximate surface area is 115 Å². The van der Waals surface area contributed by atoms with Crippen LogP contribution in [0.25, 0.3) is 0 Å². The van der Waals surface area contributed by atoms with Crippen molar-refractivity contribution in [1.29, 1.82) is 0 Å². The third-order valence-corrected chi connectivity index (χ3v) is 2.83. The average molecular weight is 269 g/mol. The molecular weight excluding hydrogens is 245 g/mol. The number of hydrogen-bond acceptors (Lipinski definition) is 3. The van der Waals surface area contributed by atoms with E-state index in [0.717, 1.165) is 13.0 Å². The van der Waals surface area contributed by atoms with Crippen LogP contribution >= 0.6 is 0 Å². The molecule has 1 aromatic rings. The number of halogens is 1. The van der Waals surface area contributed by atoms with Crippen LogP contribution in [0.15, 0.2) is 18.2 Å². The first-order chi connectivity index (χ1) is 9.10. The van der Waals surface area contributed by atoms with Crippen LogP contribution in [-0.2, 0) is 4.74 Å². The van der Waals surface area contributed by atoms with Crippen molar-refractivity contribution in [2.75, 3.05) is 20.3 Å². The molecule has 0 aromatic heterocycles. The summed E-state index contributed by atoms with van der Waals surface area (Å²) in [7, 11) is 1.47. The van der Waals surface area contributed by atoms with E-state index in [1.807, 2.05) is 13.8 Å². The molecule has 0 aliphatic rings. The van der Waals surface area contributed by atoms with Crippen LogP contribution in [-0.4, -0.2) is 26.4 Å². The summed E-state index contributed by atoms with van der Waals surface area (Å²) in [6.07, 6.45) is 1.11. The Bertz CT molecular complexity index is 382. The second kappa shape index (κ2) is 8.12. The third-order valence-electron chi connectivity index (χ3n) is 2.83. The second-order valence-corrected chi connectivity index (χ2v) is 4.75. The van der Waals surface area contributed by atoms with E-state index in [9.17, 15) is 4.39 Å². The first kappa shape index (κ1) is 15.9. The molecular formula is C15H24FNO2. The Kier molecular flexibility index (Phi) is 6.81. The fourth-order valence-electron chi connectivity index (χ4n) is 1.82. The van der Waals surface area contributed by atoms with Crippen LogP contribution < -0.4 is 10.1 Å². The van der Waals surface area contributed by atoms with Gasteiger partial charge in [0.15, 0.2) is 11.6 Å². The summed E-state index contributed by atoms with van der Waals surface area (Å²) < 4.78 is 24.9. The van der Waals surface area contributed by atoms with E-state index in [1.165, 1.54) is 7.11 Å². The minimum atomic E-state index is -0.314. The summed E-state index contributed by atoms with van der Waals surface area (Å²) in [4.78, 5) is 0. The quantitative estimate of drug-likeness (QED) is 0.785. The van der Waals surface area contributed by atoms with E-state index in [-0.39, 0.29) is 23.7 Å². The molecule has 1 unspecified atom stereocenters. The molecule has 0 bridgehead atoms. The van der Waals surface area contributed by atoms with Crippen molar-refractivity contribution in [3.8, 4) is 5.75 Å². The largest absolute Gasteiger partial charge is 0.494 e. The Hall–Kier alpha value is -1.13. The lowest BCUT2D eigenvalue weighted by molar-refractivity contribution is 0.0603. The van der Waals surface area contributed by atoms with Crippen LogP contribution in [0.1, 0.15) is 38.8 Å². The topological polar surface area (TPSA) is 30.5 Å². The van der Waals surface area contributed by atoms with Crippen molar-refractivity contribution in [2.24, 2.45) is 0 Å². The number of hydrogen-bond donors (Lipinski definition) is 1. The molecule has 1 N–H and O–H groups in total. The van der Waals surface area contributed by atoms with Crippen LogP contribution in [0.3, 0.4) is 0 Å². The van der Waals surface area contributed by atoms with E-state index in [4.69, 9.17) is 9.47 Å². The lowest BCUT2D eigenvalue weighted by Gasteiger charge is -2.21. The molecule has 108 valence electrons. The standard InChI is InChI=1S/C15H24FNO2/c1-5-9-17-13(10-19-11(2)3)12-7-6-8-14(18-4)15(12)16/h6-8,11,13,17H,5,9-10H2,1-4H3. The maximum Gasteiger partial charge on any atom is 0.169 e. The molecule has 19 heavy (non-hydrogen) atoms. The maximum atomic E-state index is 14.3. The summed E-state index contributed by atoms with van der Waals surface area (Å²) in [6.45, 7) is 7.29. The summed E-state index contributed by atoms with van der Waals surface area (Å²) in [5, 5.41) is 3.31. The van der Waals surface area contributed by atoms with Gasteiger partial charge in [0.1, 0.15) is 0 Å². The third kappa shape index (κ3) is 4.80. The van der Waals surface area contributed by atoms with E-state index >= 15 is 0 Å². The van der Waals surface area contributed by atoms with Crippen molar-refractivity contribution < 1.29 is 13.9 Å². The Morgan fingerprint density at radius 2 is 2.05 bits per heavy atom. The van der Waals surface area contributed by atoms with Crippen LogP contribution in [0, 0.1) is 5.82 Å². The average Bonchev–Trinajstić information content (AvgIpc) is 2.39. The predicted molar refractivity (Wildman–Crippen MR) is 75.1 cm³/mol. The molecule has 1 aromatic carbocycles. The van der Waals surface area contributed by atoms with E-state index in [0.29, 0.717) is 12.2 Å². The van der Waals surface area contributed by atoms with Crippen molar-refractivity contribution in [3.63, 3.8) is 0 Å². The van der Waals surface area contributed by atoms with Crippen LogP contribution in [0.5, 0.6) is 5.75 Å². The van der Waals surface area contributed by atoms with Crippen molar-refractivity contribution in [2.45, 2.75) is 39.3 Å². The summed E-state index contributed by atoms with van der Waals surface area (Å²) in [5.41, 5.74) is 0.591. The Morgan fingerprint density at radius 3 is 2.63 bits per heavy atom. The predicted octanol–water partition coefficient (Wildman–Crippen LogP) is 3.30. The molecule has 1 rings (SSSR count). The minimum absolute atomic E-state index is 0.125. The van der Waals surface area contributed by atoms with Gasteiger partial charge < -0.3 is 14.8 Å². The summed E-state index contributed by atoms with van der Waals surface area (Å²) in [6, 6.07) is 5.04. The first-order valence-corrected chi connectivity index (χ1v) is 6.77. The minimum Gasteiger partial charge on any atom is -0.494 e. The number of methoxy groups -OCH3 is 1.